The van der Waals surface area contributed by atoms with Gasteiger partial charge in [0.15, 0.2) is 0 Å². The van der Waals surface area contributed by atoms with Gasteiger partial charge in [0.2, 0.25) is 0 Å². The van der Waals surface area contributed by atoms with Gasteiger partial charge in [0, 0.05) is 23.2 Å². The molecule has 0 aliphatic heterocycles. The molecule has 0 saturated carbocycles. The van der Waals surface area contributed by atoms with Crippen molar-refractivity contribution in [1.82, 2.24) is 9.97 Å². The lowest BCUT2D eigenvalue weighted by Gasteiger charge is -2.18. The van der Waals surface area contributed by atoms with Crippen LogP contribution in [0.2, 0.25) is 0 Å². The Kier molecular flexibility index (Phi) is 3.57. The number of anilines is 3. The molecule has 6 heteroatoms. The molecule has 0 saturated heterocycles. The Labute approximate surface area is 116 Å². The molecule has 0 atom stereocenters. The number of nitrogens with two attached hydrogens (primary N) is 1. The first-order valence-electron chi connectivity index (χ1n) is 6.12. The summed E-state index contributed by atoms with van der Waals surface area (Å²) in [6.07, 6.45) is 0. The molecule has 1 heterocycles. The summed E-state index contributed by atoms with van der Waals surface area (Å²) in [4.78, 5) is 8.47. The summed E-state index contributed by atoms with van der Waals surface area (Å²) in [7, 11) is 0. The van der Waals surface area contributed by atoms with Gasteiger partial charge in [-0.25, -0.2) is 18.7 Å². The Morgan fingerprint density at radius 1 is 1.00 bits per heavy atom. The van der Waals surface area contributed by atoms with Crippen LogP contribution in [0.3, 0.4) is 0 Å². The van der Waals surface area contributed by atoms with E-state index < -0.39 is 11.6 Å². The van der Waals surface area contributed by atoms with Crippen molar-refractivity contribution in [3.63, 3.8) is 0 Å². The van der Waals surface area contributed by atoms with Gasteiger partial charge in [-0.1, -0.05) is 20.8 Å². The highest BCUT2D eigenvalue weighted by atomic mass is 19.1. The molecular formula is C14H16F2N4. The molecule has 0 unspecified atom stereocenters. The lowest BCUT2D eigenvalue weighted by Crippen LogP contribution is -2.17. The van der Waals surface area contributed by atoms with Crippen LogP contribution < -0.4 is 11.1 Å². The summed E-state index contributed by atoms with van der Waals surface area (Å²) >= 11 is 0. The van der Waals surface area contributed by atoms with Crippen molar-refractivity contribution in [2.75, 3.05) is 11.1 Å². The lowest BCUT2D eigenvalue weighted by molar-refractivity contribution is 0.547. The molecule has 106 valence electrons. The SMILES string of the molecule is CC(C)(C)c1nc(N)cc(Nc2cc(F)cc(F)c2)n1. The first-order valence-corrected chi connectivity index (χ1v) is 6.12. The van der Waals surface area contributed by atoms with Crippen LogP contribution in [0.4, 0.5) is 26.1 Å². The third-order valence-corrected chi connectivity index (χ3v) is 2.55. The van der Waals surface area contributed by atoms with Gasteiger partial charge >= 0.3 is 0 Å². The Bertz CT molecular complexity index is 615. The maximum Gasteiger partial charge on any atom is 0.138 e. The highest BCUT2D eigenvalue weighted by Crippen LogP contribution is 2.23. The van der Waals surface area contributed by atoms with Gasteiger partial charge in [-0.05, 0) is 12.1 Å². The number of hydrogen-bond acceptors (Lipinski definition) is 4. The maximum atomic E-state index is 13.1. The molecule has 0 aliphatic rings. The number of benzene rings is 1. The number of nitrogen functional groups attached to an aromatic ring is 1. The van der Waals surface area contributed by atoms with E-state index in [1.54, 1.807) is 0 Å². The third-order valence-electron chi connectivity index (χ3n) is 2.55. The van der Waals surface area contributed by atoms with E-state index in [1.165, 1.54) is 18.2 Å². The molecular weight excluding hydrogens is 262 g/mol. The van der Waals surface area contributed by atoms with Crippen LogP contribution in [-0.2, 0) is 5.41 Å². The maximum absolute atomic E-state index is 13.1. The van der Waals surface area contributed by atoms with E-state index in [-0.39, 0.29) is 11.1 Å². The Balaban J connectivity index is 2.36. The van der Waals surface area contributed by atoms with Crippen LogP contribution in [0.15, 0.2) is 24.3 Å². The van der Waals surface area contributed by atoms with Gasteiger partial charge in [-0.2, -0.15) is 0 Å². The predicted molar refractivity (Wildman–Crippen MR) is 74.8 cm³/mol. The van der Waals surface area contributed by atoms with Crippen LogP contribution in [0, 0.1) is 11.6 Å². The van der Waals surface area contributed by atoms with E-state index in [1.807, 2.05) is 20.8 Å². The number of aromatic nitrogens is 2. The fourth-order valence-electron chi connectivity index (χ4n) is 1.64. The third kappa shape index (κ3) is 3.40. The summed E-state index contributed by atoms with van der Waals surface area (Å²) in [5.41, 5.74) is 5.72. The van der Waals surface area contributed by atoms with Gasteiger partial charge in [-0.15, -0.1) is 0 Å². The molecule has 1 aromatic heterocycles. The van der Waals surface area contributed by atoms with Crippen LogP contribution >= 0.6 is 0 Å². The fraction of sp³-hybridized carbons (Fsp3) is 0.286. The van der Waals surface area contributed by atoms with Gasteiger partial charge < -0.3 is 11.1 Å². The topological polar surface area (TPSA) is 63.8 Å². The second kappa shape index (κ2) is 5.03. The summed E-state index contributed by atoms with van der Waals surface area (Å²) in [5.74, 6) is -0.0789. The molecule has 0 spiro atoms. The highest BCUT2D eigenvalue weighted by Gasteiger charge is 2.18. The van der Waals surface area contributed by atoms with Crippen molar-refractivity contribution < 1.29 is 8.78 Å². The summed E-state index contributed by atoms with van der Waals surface area (Å²) in [6.45, 7) is 5.86. The van der Waals surface area contributed by atoms with Crippen molar-refractivity contribution in [2.45, 2.75) is 26.2 Å². The van der Waals surface area contributed by atoms with E-state index in [4.69, 9.17) is 5.73 Å². The number of halogens is 2. The Hall–Kier alpha value is -2.24. The first-order chi connectivity index (χ1) is 9.24. The van der Waals surface area contributed by atoms with Crippen molar-refractivity contribution in [3.8, 4) is 0 Å². The number of nitrogens with one attached hydrogen (secondary N) is 1. The second-order valence-electron chi connectivity index (χ2n) is 5.53. The van der Waals surface area contributed by atoms with Gasteiger partial charge in [-0.3, -0.25) is 0 Å². The average Bonchev–Trinajstić information content (AvgIpc) is 2.25. The van der Waals surface area contributed by atoms with Crippen LogP contribution in [0.1, 0.15) is 26.6 Å². The number of nitrogens with zero attached hydrogens (tertiary/aromatic N) is 2. The molecule has 20 heavy (non-hydrogen) atoms. The normalized spacial score (nSPS) is 11.4. The van der Waals surface area contributed by atoms with Crippen LogP contribution in [-0.4, -0.2) is 9.97 Å². The second-order valence-corrected chi connectivity index (χ2v) is 5.53. The minimum Gasteiger partial charge on any atom is -0.384 e. The minimum atomic E-state index is -0.662. The quantitative estimate of drug-likeness (QED) is 0.884. The standard InChI is InChI=1S/C14H16F2N4/c1-14(2,3)13-19-11(17)7-12(20-13)18-10-5-8(15)4-9(16)6-10/h4-7H,1-3H3,(H3,17,18,19,20). The van der Waals surface area contributed by atoms with Crippen molar-refractivity contribution in [1.29, 1.82) is 0 Å². The zero-order valence-corrected chi connectivity index (χ0v) is 11.5. The largest absolute Gasteiger partial charge is 0.384 e. The zero-order chi connectivity index (χ0) is 14.9. The van der Waals surface area contributed by atoms with E-state index >= 15 is 0 Å². The smallest absolute Gasteiger partial charge is 0.138 e. The monoisotopic (exact) mass is 278 g/mol. The summed E-state index contributed by atoms with van der Waals surface area (Å²) in [6, 6.07) is 4.68. The molecule has 0 bridgehead atoms. The lowest BCUT2D eigenvalue weighted by atomic mass is 9.96. The summed E-state index contributed by atoms with van der Waals surface area (Å²) in [5, 5.41) is 2.83. The van der Waals surface area contributed by atoms with E-state index in [9.17, 15) is 8.78 Å². The highest BCUT2D eigenvalue weighted by molar-refractivity contribution is 5.58. The minimum absolute atomic E-state index is 0.264. The molecule has 0 amide bonds. The predicted octanol–water partition coefficient (Wildman–Crippen LogP) is 3.38. The van der Waals surface area contributed by atoms with Crippen LogP contribution in [0.25, 0.3) is 0 Å². The molecule has 0 radical (unpaired) electrons. The summed E-state index contributed by atoms with van der Waals surface area (Å²) < 4.78 is 26.3. The Morgan fingerprint density at radius 3 is 2.15 bits per heavy atom. The average molecular weight is 278 g/mol. The van der Waals surface area contributed by atoms with Gasteiger partial charge in [0.05, 0.1) is 0 Å². The van der Waals surface area contributed by atoms with E-state index in [2.05, 4.69) is 15.3 Å². The number of rotatable bonds is 2. The molecule has 2 rings (SSSR count). The van der Waals surface area contributed by atoms with E-state index in [0.29, 0.717) is 17.5 Å². The molecule has 4 nitrogen and oxygen atoms in total. The molecule has 1 aromatic carbocycles. The van der Waals surface area contributed by atoms with Gasteiger partial charge in [0.1, 0.15) is 29.1 Å². The van der Waals surface area contributed by atoms with E-state index in [0.717, 1.165) is 6.07 Å². The van der Waals surface area contributed by atoms with Crippen molar-refractivity contribution in [3.05, 3.63) is 41.7 Å². The molecule has 3 N–H and O–H groups in total. The van der Waals surface area contributed by atoms with Crippen molar-refractivity contribution >= 4 is 17.3 Å². The molecule has 2 aromatic rings. The van der Waals surface area contributed by atoms with Gasteiger partial charge in [0.25, 0.3) is 0 Å². The Morgan fingerprint density at radius 2 is 1.60 bits per heavy atom. The zero-order valence-electron chi connectivity index (χ0n) is 11.5. The van der Waals surface area contributed by atoms with Crippen molar-refractivity contribution in [2.24, 2.45) is 0 Å². The first kappa shape index (κ1) is 14.2. The number of hydrogen-bond donors (Lipinski definition) is 2. The van der Waals surface area contributed by atoms with Crippen LogP contribution in [0.5, 0.6) is 0 Å². The molecule has 0 fully saturated rings. The fourth-order valence-corrected chi connectivity index (χ4v) is 1.64. The molecule has 0 aliphatic carbocycles.